The lowest BCUT2D eigenvalue weighted by Crippen LogP contribution is -2.38. The zero-order chi connectivity index (χ0) is 16.8. The molecule has 2 aromatic heterocycles. The van der Waals surface area contributed by atoms with E-state index in [9.17, 15) is 0 Å². The van der Waals surface area contributed by atoms with Gasteiger partial charge >= 0.3 is 0 Å². The highest BCUT2D eigenvalue weighted by atomic mass is 79.9. The summed E-state index contributed by atoms with van der Waals surface area (Å²) >= 11 is 12.3. The van der Waals surface area contributed by atoms with Gasteiger partial charge in [-0.2, -0.15) is 0 Å². The van der Waals surface area contributed by atoms with E-state index in [1.54, 1.807) is 12.1 Å². The van der Waals surface area contributed by atoms with Crippen LogP contribution in [0.4, 0.5) is 5.82 Å². The average Bonchev–Trinajstić information content (AvgIpc) is 2.51. The minimum Gasteiger partial charge on any atom is -0.390 e. The molecule has 0 bridgehead atoms. The predicted molar refractivity (Wildman–Crippen MR) is 97.6 cm³/mol. The topological polar surface area (TPSA) is 69.5 Å². The van der Waals surface area contributed by atoms with Crippen LogP contribution in [0.25, 0.3) is 0 Å². The summed E-state index contributed by atoms with van der Waals surface area (Å²) in [6, 6.07) is 7.22. The lowest BCUT2D eigenvalue weighted by atomic mass is 10.2. The third-order valence-corrected chi connectivity index (χ3v) is 5.00. The van der Waals surface area contributed by atoms with Crippen LogP contribution < -0.4 is 4.90 Å². The van der Waals surface area contributed by atoms with Gasteiger partial charge in [0.15, 0.2) is 0 Å². The van der Waals surface area contributed by atoms with Crippen LogP contribution in [-0.4, -0.2) is 33.3 Å². The molecule has 5 nitrogen and oxygen atoms in total. The minimum atomic E-state index is -0.0764. The summed E-state index contributed by atoms with van der Waals surface area (Å²) in [6.45, 7) is 2.07. The van der Waals surface area contributed by atoms with E-state index >= 15 is 0 Å². The van der Waals surface area contributed by atoms with Gasteiger partial charge in [0.25, 0.3) is 0 Å². The largest absolute Gasteiger partial charge is 0.390 e. The van der Waals surface area contributed by atoms with Crippen LogP contribution in [0.15, 0.2) is 33.2 Å². The van der Waals surface area contributed by atoms with Crippen molar-refractivity contribution < 1.29 is 10.2 Å². The van der Waals surface area contributed by atoms with Crippen LogP contribution >= 0.6 is 43.5 Å². The summed E-state index contributed by atoms with van der Waals surface area (Å²) in [7, 11) is 0. The summed E-state index contributed by atoms with van der Waals surface area (Å²) < 4.78 is 1.75. The maximum absolute atomic E-state index is 8.93. The molecule has 2 N–H and O–H groups in total. The highest BCUT2D eigenvalue weighted by Gasteiger charge is 2.18. The first-order valence-corrected chi connectivity index (χ1v) is 8.94. The normalized spacial score (nSPS) is 13.2. The highest BCUT2D eigenvalue weighted by molar-refractivity contribution is 9.11. The quantitative estimate of drug-likeness (QED) is 0.679. The van der Waals surface area contributed by atoms with Crippen LogP contribution in [0.3, 0.4) is 0 Å². The van der Waals surface area contributed by atoms with Gasteiger partial charge in [-0.1, -0.05) is 11.6 Å². The van der Waals surface area contributed by atoms with E-state index in [4.69, 9.17) is 21.8 Å². The van der Waals surface area contributed by atoms with Crippen molar-refractivity contribution in [1.29, 1.82) is 0 Å². The second-order valence-corrected chi connectivity index (χ2v) is 6.91. The fourth-order valence-electron chi connectivity index (χ4n) is 1.85. The zero-order valence-electron chi connectivity index (χ0n) is 12.2. The number of aliphatic hydroxyl groups is 2. The zero-order valence-corrected chi connectivity index (χ0v) is 16.1. The SMILES string of the molecule is OCc1ccc(Br)c(Cl)n1.OCc1ccc(Br)c(N2CCC2)n1. The fourth-order valence-corrected chi connectivity index (χ4v) is 2.72. The monoisotopic (exact) mass is 463 g/mol. The Balaban J connectivity index is 0.000000174. The number of nitrogens with zero attached hydrogens (tertiary/aromatic N) is 3. The van der Waals surface area contributed by atoms with Crippen molar-refractivity contribution in [2.75, 3.05) is 18.0 Å². The van der Waals surface area contributed by atoms with E-state index in [0.717, 1.165) is 33.5 Å². The Labute approximate surface area is 156 Å². The standard InChI is InChI=1S/C9H11BrN2O.C6H5BrClNO/c10-8-3-2-7(6-13)11-9(8)12-4-1-5-12;7-5-2-1-4(3-10)9-6(5)8/h2-3,13H,1,4-6H2;1-2,10H,3H2. The molecule has 0 amide bonds. The van der Waals surface area contributed by atoms with E-state index in [-0.39, 0.29) is 13.2 Å². The van der Waals surface area contributed by atoms with E-state index < -0.39 is 0 Å². The van der Waals surface area contributed by atoms with Gasteiger partial charge in [0.1, 0.15) is 11.0 Å². The molecule has 1 aliphatic rings. The Kier molecular flexibility index (Phi) is 7.23. The summed E-state index contributed by atoms with van der Waals surface area (Å²) in [4.78, 5) is 10.4. The first-order valence-electron chi connectivity index (χ1n) is 6.98. The van der Waals surface area contributed by atoms with Gasteiger partial charge < -0.3 is 15.1 Å². The molecule has 0 radical (unpaired) electrons. The Morgan fingerprint density at radius 3 is 2.00 bits per heavy atom. The lowest BCUT2D eigenvalue weighted by molar-refractivity contribution is 0.276. The molecular formula is C15H16Br2ClN3O2. The molecule has 0 spiro atoms. The second kappa shape index (κ2) is 8.94. The van der Waals surface area contributed by atoms with E-state index in [0.29, 0.717) is 10.8 Å². The molecule has 8 heteroatoms. The third kappa shape index (κ3) is 5.12. The lowest BCUT2D eigenvalue weighted by Gasteiger charge is -2.32. The molecular weight excluding hydrogens is 449 g/mol. The van der Waals surface area contributed by atoms with E-state index in [1.807, 2.05) is 12.1 Å². The van der Waals surface area contributed by atoms with Crippen LogP contribution in [-0.2, 0) is 13.2 Å². The van der Waals surface area contributed by atoms with Crippen LogP contribution in [0, 0.1) is 0 Å². The van der Waals surface area contributed by atoms with Crippen molar-refractivity contribution >= 4 is 49.3 Å². The molecule has 1 aliphatic heterocycles. The van der Waals surface area contributed by atoms with Crippen molar-refractivity contribution in [2.24, 2.45) is 0 Å². The molecule has 3 heterocycles. The summed E-state index contributed by atoms with van der Waals surface area (Å²) in [5.41, 5.74) is 1.30. The van der Waals surface area contributed by atoms with Crippen LogP contribution in [0.5, 0.6) is 0 Å². The number of halogens is 3. The van der Waals surface area contributed by atoms with Gasteiger partial charge in [0.2, 0.25) is 0 Å². The maximum atomic E-state index is 8.93. The third-order valence-electron chi connectivity index (χ3n) is 3.23. The molecule has 1 fully saturated rings. The van der Waals surface area contributed by atoms with Gasteiger partial charge in [0, 0.05) is 13.1 Å². The summed E-state index contributed by atoms with van der Waals surface area (Å²) in [5.74, 6) is 0.956. The van der Waals surface area contributed by atoms with Crippen LogP contribution in [0.2, 0.25) is 5.15 Å². The molecule has 124 valence electrons. The van der Waals surface area contributed by atoms with E-state index in [1.165, 1.54) is 6.42 Å². The smallest absolute Gasteiger partial charge is 0.143 e. The number of rotatable bonds is 3. The Morgan fingerprint density at radius 1 is 0.957 bits per heavy atom. The fraction of sp³-hybridized carbons (Fsp3) is 0.333. The molecule has 0 atom stereocenters. The maximum Gasteiger partial charge on any atom is 0.143 e. The molecule has 0 aliphatic carbocycles. The number of anilines is 1. The number of aromatic nitrogens is 2. The number of aliphatic hydroxyl groups excluding tert-OH is 2. The first-order chi connectivity index (χ1) is 11.0. The van der Waals surface area contributed by atoms with Gasteiger partial charge in [0.05, 0.1) is 33.5 Å². The number of pyridine rings is 2. The van der Waals surface area contributed by atoms with Crippen molar-refractivity contribution in [3.63, 3.8) is 0 Å². The van der Waals surface area contributed by atoms with Crippen LogP contribution in [0.1, 0.15) is 17.8 Å². The molecule has 0 aromatic carbocycles. The number of hydrogen-bond donors (Lipinski definition) is 2. The number of hydrogen-bond acceptors (Lipinski definition) is 5. The van der Waals surface area contributed by atoms with Gasteiger partial charge in [-0.3, -0.25) is 0 Å². The average molecular weight is 466 g/mol. The Hall–Kier alpha value is -0.730. The van der Waals surface area contributed by atoms with Crippen molar-refractivity contribution in [3.8, 4) is 0 Å². The predicted octanol–water partition coefficient (Wildman–Crippen LogP) is 3.54. The Bertz CT molecular complexity index is 669. The molecule has 1 saturated heterocycles. The Morgan fingerprint density at radius 2 is 1.52 bits per heavy atom. The van der Waals surface area contributed by atoms with Gasteiger partial charge in [-0.15, -0.1) is 0 Å². The molecule has 0 unspecified atom stereocenters. The van der Waals surface area contributed by atoms with Crippen molar-refractivity contribution in [3.05, 3.63) is 49.8 Å². The van der Waals surface area contributed by atoms with Gasteiger partial charge in [-0.05, 0) is 62.5 Å². The second-order valence-electron chi connectivity index (χ2n) is 4.84. The molecule has 23 heavy (non-hydrogen) atoms. The molecule has 3 rings (SSSR count). The first kappa shape index (κ1) is 18.6. The molecule has 0 saturated carbocycles. The molecule has 2 aromatic rings. The minimum absolute atomic E-state index is 0.00806. The van der Waals surface area contributed by atoms with E-state index in [2.05, 4.69) is 46.7 Å². The van der Waals surface area contributed by atoms with Crippen molar-refractivity contribution in [2.45, 2.75) is 19.6 Å². The van der Waals surface area contributed by atoms with Crippen molar-refractivity contribution in [1.82, 2.24) is 9.97 Å². The summed E-state index contributed by atoms with van der Waals surface area (Å²) in [5, 5.41) is 17.9. The summed E-state index contributed by atoms with van der Waals surface area (Å²) in [6.07, 6.45) is 1.23. The van der Waals surface area contributed by atoms with Gasteiger partial charge in [-0.25, -0.2) is 9.97 Å². The highest BCUT2D eigenvalue weighted by Crippen LogP contribution is 2.27.